The van der Waals surface area contributed by atoms with Crippen LogP contribution in [-0.2, 0) is 0 Å². The van der Waals surface area contributed by atoms with Crippen LogP contribution in [0, 0.1) is 0 Å². The number of hydrogen-bond acceptors (Lipinski definition) is 6. The fourth-order valence-corrected chi connectivity index (χ4v) is 2.91. The van der Waals surface area contributed by atoms with Gasteiger partial charge in [-0.15, -0.1) is 0 Å². The lowest BCUT2D eigenvalue weighted by atomic mass is 10.1. The third kappa shape index (κ3) is 2.77. The average Bonchev–Trinajstić information content (AvgIpc) is 3.09. The number of nitrogens with two attached hydrogens (primary N) is 1. The van der Waals surface area contributed by atoms with Gasteiger partial charge in [-0.25, -0.2) is 4.98 Å². The molecule has 0 amide bonds. The number of methoxy groups -OCH3 is 2. The van der Waals surface area contributed by atoms with Crippen molar-refractivity contribution in [3.63, 3.8) is 0 Å². The molecule has 27 heavy (non-hydrogen) atoms. The van der Waals surface area contributed by atoms with E-state index in [1.807, 2.05) is 24.3 Å². The molecule has 0 saturated heterocycles. The summed E-state index contributed by atoms with van der Waals surface area (Å²) in [7, 11) is 3.18. The Bertz CT molecular complexity index is 1160. The number of nitrogens with one attached hydrogen (secondary N) is 1. The number of ether oxygens (including phenoxy) is 2. The van der Waals surface area contributed by atoms with Gasteiger partial charge in [0.15, 0.2) is 11.5 Å². The lowest BCUT2D eigenvalue weighted by Gasteiger charge is -2.13. The van der Waals surface area contributed by atoms with Crippen molar-refractivity contribution in [2.45, 2.75) is 0 Å². The summed E-state index contributed by atoms with van der Waals surface area (Å²) in [4.78, 5) is 17.8. The minimum Gasteiger partial charge on any atom is -0.497 e. The molecule has 2 heterocycles. The molecule has 0 spiro atoms. The van der Waals surface area contributed by atoms with Crippen molar-refractivity contribution in [3.8, 4) is 28.6 Å². The van der Waals surface area contributed by atoms with Crippen LogP contribution >= 0.6 is 0 Å². The van der Waals surface area contributed by atoms with E-state index in [9.17, 15) is 4.79 Å². The van der Waals surface area contributed by atoms with Crippen molar-refractivity contribution >= 4 is 16.9 Å². The molecule has 0 aliphatic carbocycles. The highest BCUT2D eigenvalue weighted by atomic mass is 16.5. The summed E-state index contributed by atoms with van der Waals surface area (Å²) in [5.41, 5.74) is 7.29. The van der Waals surface area contributed by atoms with Crippen molar-refractivity contribution in [2.75, 3.05) is 20.0 Å². The van der Waals surface area contributed by atoms with E-state index in [0.717, 1.165) is 5.56 Å². The van der Waals surface area contributed by atoms with Gasteiger partial charge in [0.1, 0.15) is 22.7 Å². The SMILES string of the molecule is COc1ccc(-c2nc3[nH]nc(N)c3c(=O)n2-c2ccc(OC)cc2)cc1. The number of nitrogen functional groups attached to an aromatic ring is 1. The number of aromatic nitrogens is 4. The molecule has 0 unspecified atom stereocenters. The Hall–Kier alpha value is -3.81. The molecule has 0 aliphatic heterocycles. The van der Waals surface area contributed by atoms with Crippen molar-refractivity contribution in [2.24, 2.45) is 0 Å². The van der Waals surface area contributed by atoms with Crippen molar-refractivity contribution in [1.29, 1.82) is 0 Å². The van der Waals surface area contributed by atoms with E-state index in [2.05, 4.69) is 15.2 Å². The van der Waals surface area contributed by atoms with E-state index in [1.165, 1.54) is 4.57 Å². The Labute approximate surface area is 154 Å². The highest BCUT2D eigenvalue weighted by molar-refractivity contribution is 5.86. The Balaban J connectivity index is 2.01. The van der Waals surface area contributed by atoms with Gasteiger partial charge in [0, 0.05) is 5.56 Å². The topological polar surface area (TPSA) is 108 Å². The first-order chi connectivity index (χ1) is 13.1. The third-order valence-electron chi connectivity index (χ3n) is 4.30. The Morgan fingerprint density at radius 3 is 2.15 bits per heavy atom. The van der Waals surface area contributed by atoms with E-state index in [0.29, 0.717) is 28.7 Å². The number of fused-ring (bicyclic) bond motifs is 1. The number of aromatic amines is 1. The lowest BCUT2D eigenvalue weighted by molar-refractivity contribution is 0.414. The van der Waals surface area contributed by atoms with Gasteiger partial charge in [-0.05, 0) is 48.5 Å². The summed E-state index contributed by atoms with van der Waals surface area (Å²) in [6.07, 6.45) is 0. The second kappa shape index (κ2) is 6.49. The first kappa shape index (κ1) is 16.6. The van der Waals surface area contributed by atoms with Crippen LogP contribution in [0.1, 0.15) is 0 Å². The molecular formula is C19H17N5O3. The van der Waals surface area contributed by atoms with E-state index in [4.69, 9.17) is 15.2 Å². The summed E-state index contributed by atoms with van der Waals surface area (Å²) in [6.45, 7) is 0. The van der Waals surface area contributed by atoms with E-state index < -0.39 is 0 Å². The number of rotatable bonds is 4. The predicted octanol–water partition coefficient (Wildman–Crippen LogP) is 2.38. The fourth-order valence-electron chi connectivity index (χ4n) is 2.91. The highest BCUT2D eigenvalue weighted by Crippen LogP contribution is 2.25. The van der Waals surface area contributed by atoms with Gasteiger partial charge in [-0.2, -0.15) is 5.10 Å². The third-order valence-corrected chi connectivity index (χ3v) is 4.30. The molecule has 136 valence electrons. The maximum Gasteiger partial charge on any atom is 0.271 e. The highest BCUT2D eigenvalue weighted by Gasteiger charge is 2.18. The zero-order valence-electron chi connectivity index (χ0n) is 14.8. The summed E-state index contributed by atoms with van der Waals surface area (Å²) in [5, 5.41) is 6.88. The lowest BCUT2D eigenvalue weighted by Crippen LogP contribution is -2.22. The van der Waals surface area contributed by atoms with Crippen LogP contribution < -0.4 is 20.8 Å². The van der Waals surface area contributed by atoms with Gasteiger partial charge in [0.05, 0.1) is 19.9 Å². The molecule has 0 fully saturated rings. The van der Waals surface area contributed by atoms with Crippen LogP contribution in [0.2, 0.25) is 0 Å². The Morgan fingerprint density at radius 1 is 0.963 bits per heavy atom. The van der Waals surface area contributed by atoms with Crippen LogP contribution in [0.5, 0.6) is 11.5 Å². The number of benzene rings is 2. The molecular weight excluding hydrogens is 346 g/mol. The van der Waals surface area contributed by atoms with Crippen LogP contribution in [0.3, 0.4) is 0 Å². The summed E-state index contributed by atoms with van der Waals surface area (Å²) in [5.74, 6) is 1.98. The standard InChI is InChI=1S/C19H17N5O3/c1-26-13-7-3-11(4-8-13)18-21-17-15(16(20)22-23-17)19(25)24(18)12-5-9-14(27-2)10-6-12/h3-10H,1-2H3,(H3,20,22,23). The largest absolute Gasteiger partial charge is 0.497 e. The summed E-state index contributed by atoms with van der Waals surface area (Å²) < 4.78 is 11.9. The first-order valence-corrected chi connectivity index (χ1v) is 8.18. The quantitative estimate of drug-likeness (QED) is 0.576. The van der Waals surface area contributed by atoms with Gasteiger partial charge in [0.25, 0.3) is 5.56 Å². The molecule has 0 bridgehead atoms. The zero-order valence-corrected chi connectivity index (χ0v) is 14.8. The molecule has 3 N–H and O–H groups in total. The minimum absolute atomic E-state index is 0.117. The van der Waals surface area contributed by atoms with Gasteiger partial charge in [-0.3, -0.25) is 14.5 Å². The first-order valence-electron chi connectivity index (χ1n) is 8.18. The molecule has 8 heteroatoms. The van der Waals surface area contributed by atoms with Gasteiger partial charge < -0.3 is 15.2 Å². The predicted molar refractivity (Wildman–Crippen MR) is 102 cm³/mol. The molecule has 0 saturated carbocycles. The smallest absolute Gasteiger partial charge is 0.271 e. The molecule has 2 aromatic heterocycles. The van der Waals surface area contributed by atoms with Gasteiger partial charge >= 0.3 is 0 Å². The van der Waals surface area contributed by atoms with Crippen LogP contribution in [0.4, 0.5) is 5.82 Å². The number of H-pyrrole nitrogens is 1. The maximum absolute atomic E-state index is 13.2. The van der Waals surface area contributed by atoms with E-state index >= 15 is 0 Å². The summed E-state index contributed by atoms with van der Waals surface area (Å²) >= 11 is 0. The molecule has 4 aromatic rings. The molecule has 4 rings (SSSR count). The maximum atomic E-state index is 13.2. The fraction of sp³-hybridized carbons (Fsp3) is 0.105. The van der Waals surface area contributed by atoms with Gasteiger partial charge in [0.2, 0.25) is 0 Å². The van der Waals surface area contributed by atoms with Crippen LogP contribution in [-0.4, -0.2) is 34.0 Å². The zero-order chi connectivity index (χ0) is 19.0. The molecule has 8 nitrogen and oxygen atoms in total. The van der Waals surface area contributed by atoms with Crippen molar-refractivity contribution in [3.05, 3.63) is 58.9 Å². The second-order valence-electron chi connectivity index (χ2n) is 5.83. The van der Waals surface area contributed by atoms with Crippen LogP contribution in [0.15, 0.2) is 53.3 Å². The van der Waals surface area contributed by atoms with Crippen molar-refractivity contribution in [1.82, 2.24) is 19.7 Å². The average molecular weight is 363 g/mol. The summed E-state index contributed by atoms with van der Waals surface area (Å²) in [6, 6.07) is 14.4. The van der Waals surface area contributed by atoms with Crippen LogP contribution in [0.25, 0.3) is 28.1 Å². The normalized spacial score (nSPS) is 10.9. The van der Waals surface area contributed by atoms with Gasteiger partial charge in [-0.1, -0.05) is 0 Å². The number of nitrogens with zero attached hydrogens (tertiary/aromatic N) is 3. The van der Waals surface area contributed by atoms with E-state index in [1.54, 1.807) is 38.5 Å². The van der Waals surface area contributed by atoms with E-state index in [-0.39, 0.29) is 16.8 Å². The number of hydrogen-bond donors (Lipinski definition) is 2. The monoisotopic (exact) mass is 363 g/mol. The Morgan fingerprint density at radius 2 is 1.56 bits per heavy atom. The molecule has 0 radical (unpaired) electrons. The molecule has 0 atom stereocenters. The number of anilines is 1. The van der Waals surface area contributed by atoms with Crippen molar-refractivity contribution < 1.29 is 9.47 Å². The molecule has 2 aromatic carbocycles. The Kier molecular flexibility index (Phi) is 4.00. The minimum atomic E-state index is -0.303. The second-order valence-corrected chi connectivity index (χ2v) is 5.83. The molecule has 0 aliphatic rings.